The van der Waals surface area contributed by atoms with Crippen molar-refractivity contribution in [3.8, 4) is 22.3 Å². The van der Waals surface area contributed by atoms with Crippen molar-refractivity contribution >= 4 is 89.8 Å². The molecule has 0 fully saturated rings. The van der Waals surface area contributed by atoms with E-state index in [-0.39, 0.29) is 28.4 Å². The Hall–Kier alpha value is -6.30. The summed E-state index contributed by atoms with van der Waals surface area (Å²) < 4.78 is 8.76. The fraction of sp³-hybridized carbons (Fsp3) is 0.281. The molecule has 0 bridgehead atoms. The Morgan fingerprint density at radius 1 is 0.449 bits per heavy atom. The molecule has 4 heterocycles. The monoisotopic (exact) mass is 920 g/mol. The zero-order chi connectivity index (χ0) is 48.7. The lowest BCUT2D eigenvalue weighted by Gasteiger charge is -2.44. The number of nitrogens with zero attached hydrogens (tertiary/aromatic N) is 2. The quantitative estimate of drug-likeness (QED) is 0.164. The average Bonchev–Trinajstić information content (AvgIpc) is 3.90. The predicted molar refractivity (Wildman–Crippen MR) is 301 cm³/mol. The SMILES string of the molecule is Cc1cc(C(C)(C)C)cc(C)c1N1c2cc(C(C)(C)C)cc3c2B(c2ccc(-c4csc5ccccc45)cc2N3c2ccc(C(C)(C)C)cc2-c2ccccc2)c2oc3ccc(C(C)(C)C)cc3c21. The molecule has 0 unspecified atom stereocenters. The Morgan fingerprint density at radius 3 is 1.71 bits per heavy atom. The molecule has 0 aliphatic carbocycles. The van der Waals surface area contributed by atoms with Crippen LogP contribution in [-0.4, -0.2) is 6.71 Å². The maximum atomic E-state index is 7.46. The second-order valence-corrected chi connectivity index (χ2v) is 24.9. The van der Waals surface area contributed by atoms with Crippen molar-refractivity contribution < 1.29 is 4.42 Å². The minimum absolute atomic E-state index is 0.00115. The molecule has 2 aliphatic heterocycles. The third-order valence-electron chi connectivity index (χ3n) is 15.0. The van der Waals surface area contributed by atoms with E-state index in [9.17, 15) is 0 Å². The molecule has 0 spiro atoms. The maximum Gasteiger partial charge on any atom is 0.297 e. The van der Waals surface area contributed by atoms with Gasteiger partial charge in [0.25, 0.3) is 6.71 Å². The molecule has 7 aromatic carbocycles. The molecule has 346 valence electrons. The number of aryl methyl sites for hydroxylation is 2. The minimum Gasteiger partial charge on any atom is -0.468 e. The lowest BCUT2D eigenvalue weighted by molar-refractivity contribution is 0.589. The highest BCUT2D eigenvalue weighted by molar-refractivity contribution is 7.17. The Labute approximate surface area is 414 Å². The molecule has 9 aromatic rings. The largest absolute Gasteiger partial charge is 0.468 e. The standard InChI is InChI=1S/C64H65BN2OS/c1-38-30-44(63(9,10)11)31-39(2)58(38)67-54-36-45(64(12,13)14)35-53-57(54)65(60-59(67)48-34-43(62(6,7)8)26-29-55(48)68-60)50-27-24-41(49-37-69-56-23-19-18-22-46(49)56)32-52(50)66(53)51-28-25-42(61(3,4)5)33-47(51)40-20-16-15-17-21-40/h15-37H,1-14H3. The highest BCUT2D eigenvalue weighted by Crippen LogP contribution is 2.52. The van der Waals surface area contributed by atoms with Crippen LogP contribution in [0.1, 0.15) is 116 Å². The van der Waals surface area contributed by atoms with Gasteiger partial charge in [-0.25, -0.2) is 0 Å². The van der Waals surface area contributed by atoms with Crippen molar-refractivity contribution in [2.24, 2.45) is 0 Å². The van der Waals surface area contributed by atoms with Gasteiger partial charge in [-0.3, -0.25) is 0 Å². The number of hydrogen-bond acceptors (Lipinski definition) is 4. The summed E-state index contributed by atoms with van der Waals surface area (Å²) >= 11 is 1.82. The van der Waals surface area contributed by atoms with E-state index in [1.54, 1.807) is 0 Å². The molecule has 0 amide bonds. The summed E-state index contributed by atoms with van der Waals surface area (Å²) in [6.45, 7) is 32.4. The number of rotatable bonds is 4. The summed E-state index contributed by atoms with van der Waals surface area (Å²) in [4.78, 5) is 5.24. The molecule has 0 radical (unpaired) electrons. The Balaban J connectivity index is 1.30. The zero-order valence-corrected chi connectivity index (χ0v) is 43.9. The minimum atomic E-state index is -0.177. The van der Waals surface area contributed by atoms with Crippen LogP contribution in [0.15, 0.2) is 143 Å². The van der Waals surface area contributed by atoms with Gasteiger partial charge in [0, 0.05) is 43.7 Å². The van der Waals surface area contributed by atoms with Crippen LogP contribution >= 0.6 is 11.3 Å². The van der Waals surface area contributed by atoms with Crippen LogP contribution in [0, 0.1) is 13.8 Å². The molecule has 0 atom stereocenters. The van der Waals surface area contributed by atoms with Crippen molar-refractivity contribution in [2.75, 3.05) is 9.80 Å². The van der Waals surface area contributed by atoms with Crippen LogP contribution in [0.4, 0.5) is 34.1 Å². The maximum absolute atomic E-state index is 7.46. The first-order valence-corrected chi connectivity index (χ1v) is 25.7. The van der Waals surface area contributed by atoms with Gasteiger partial charge in [-0.1, -0.05) is 168 Å². The Morgan fingerprint density at radius 2 is 1.04 bits per heavy atom. The van der Waals surface area contributed by atoms with E-state index in [1.807, 2.05) is 11.3 Å². The number of thiophene rings is 1. The summed E-state index contributed by atoms with van der Waals surface area (Å²) in [7, 11) is 0. The molecular formula is C64H65BN2OS. The van der Waals surface area contributed by atoms with E-state index in [4.69, 9.17) is 4.42 Å². The van der Waals surface area contributed by atoms with E-state index < -0.39 is 0 Å². The van der Waals surface area contributed by atoms with Crippen molar-refractivity contribution in [2.45, 2.75) is 119 Å². The molecule has 5 heteroatoms. The molecule has 11 rings (SSSR count). The summed E-state index contributed by atoms with van der Waals surface area (Å²) in [5.41, 5.74) is 23.9. The third kappa shape index (κ3) is 7.37. The first-order chi connectivity index (χ1) is 32.6. The van der Waals surface area contributed by atoms with Crippen molar-refractivity contribution in [1.29, 1.82) is 0 Å². The molecule has 3 nitrogen and oxygen atoms in total. The number of hydrogen-bond donors (Lipinski definition) is 0. The fourth-order valence-corrected chi connectivity index (χ4v) is 12.0. The molecule has 0 saturated heterocycles. The van der Waals surface area contributed by atoms with E-state index in [0.717, 1.165) is 28.0 Å². The van der Waals surface area contributed by atoms with Gasteiger partial charge in [0.1, 0.15) is 5.58 Å². The highest BCUT2D eigenvalue weighted by Gasteiger charge is 2.48. The lowest BCUT2D eigenvalue weighted by atomic mass is 9.35. The van der Waals surface area contributed by atoms with Crippen LogP contribution < -0.4 is 26.4 Å². The highest BCUT2D eigenvalue weighted by atomic mass is 32.1. The van der Waals surface area contributed by atoms with Crippen LogP contribution in [0.2, 0.25) is 0 Å². The Kier molecular flexibility index (Phi) is 10.2. The first-order valence-electron chi connectivity index (χ1n) is 24.9. The smallest absolute Gasteiger partial charge is 0.297 e. The number of fused-ring (bicyclic) bond motifs is 7. The first kappa shape index (κ1) is 45.2. The van der Waals surface area contributed by atoms with Gasteiger partial charge >= 0.3 is 0 Å². The summed E-state index contributed by atoms with van der Waals surface area (Å²) in [5.74, 6) is 0. The van der Waals surface area contributed by atoms with E-state index >= 15 is 0 Å². The fourth-order valence-electron chi connectivity index (χ4n) is 11.0. The molecular weight excluding hydrogens is 856 g/mol. The van der Waals surface area contributed by atoms with E-state index in [1.165, 1.54) is 99.4 Å². The number of benzene rings is 7. The van der Waals surface area contributed by atoms with Gasteiger partial charge in [-0.05, 0) is 145 Å². The van der Waals surface area contributed by atoms with Crippen molar-refractivity contribution in [3.05, 3.63) is 172 Å². The lowest BCUT2D eigenvalue weighted by Crippen LogP contribution is -2.61. The summed E-state index contributed by atoms with van der Waals surface area (Å²) in [5, 5.41) is 4.78. The van der Waals surface area contributed by atoms with Gasteiger partial charge in [-0.15, -0.1) is 11.3 Å². The van der Waals surface area contributed by atoms with Gasteiger partial charge in [0.2, 0.25) is 0 Å². The van der Waals surface area contributed by atoms with Crippen LogP contribution in [-0.2, 0) is 21.7 Å². The van der Waals surface area contributed by atoms with Crippen LogP contribution in [0.5, 0.6) is 0 Å². The number of anilines is 6. The molecule has 0 saturated carbocycles. The second-order valence-electron chi connectivity index (χ2n) is 24.0. The summed E-state index contributed by atoms with van der Waals surface area (Å²) in [6, 6.07) is 51.1. The van der Waals surface area contributed by atoms with E-state index in [0.29, 0.717) is 0 Å². The van der Waals surface area contributed by atoms with E-state index in [2.05, 4.69) is 246 Å². The van der Waals surface area contributed by atoms with Gasteiger partial charge < -0.3 is 14.2 Å². The summed E-state index contributed by atoms with van der Waals surface area (Å²) in [6.07, 6.45) is 0. The van der Waals surface area contributed by atoms with Gasteiger partial charge in [0.05, 0.1) is 22.7 Å². The normalized spacial score (nSPS) is 13.9. The average molecular weight is 921 g/mol. The molecule has 69 heavy (non-hydrogen) atoms. The number of furan rings is 1. The Bertz CT molecular complexity index is 3500. The molecule has 2 aliphatic rings. The zero-order valence-electron chi connectivity index (χ0n) is 43.1. The topological polar surface area (TPSA) is 19.6 Å². The van der Waals surface area contributed by atoms with Crippen molar-refractivity contribution in [3.63, 3.8) is 0 Å². The van der Waals surface area contributed by atoms with Gasteiger partial charge in [0.15, 0.2) is 0 Å². The molecule has 2 aromatic heterocycles. The molecule has 0 N–H and O–H groups in total. The third-order valence-corrected chi connectivity index (χ3v) is 15.9. The van der Waals surface area contributed by atoms with Crippen molar-refractivity contribution in [1.82, 2.24) is 0 Å². The van der Waals surface area contributed by atoms with Crippen LogP contribution in [0.25, 0.3) is 43.3 Å². The van der Waals surface area contributed by atoms with Crippen LogP contribution in [0.3, 0.4) is 0 Å². The second kappa shape index (κ2) is 15.6. The predicted octanol–water partition coefficient (Wildman–Crippen LogP) is 16.9. The van der Waals surface area contributed by atoms with Gasteiger partial charge in [-0.2, -0.15) is 0 Å².